The number of rotatable bonds is 1. The number of hydrogen-bond acceptors (Lipinski definition) is 3. The standard InChI is InChI=1S/C14H21N3O2/c1-15-14(19)16-11-5-4-9-10-7-8(18)3-6-12(10)17(2)13(9)11/h3,6-7,9-13,18H,4-5H2,1-2H3,(H2,15,16,19). The van der Waals surface area contributed by atoms with E-state index >= 15 is 0 Å². The molecule has 2 fully saturated rings. The highest BCUT2D eigenvalue weighted by molar-refractivity contribution is 5.74. The number of hydrogen-bond donors (Lipinski definition) is 3. The molecule has 5 heteroatoms. The van der Waals surface area contributed by atoms with E-state index in [0.717, 1.165) is 12.8 Å². The predicted molar refractivity (Wildman–Crippen MR) is 72.8 cm³/mol. The molecule has 3 N–H and O–H groups in total. The molecule has 0 spiro atoms. The first-order valence-electron chi connectivity index (χ1n) is 6.91. The molecule has 2 amide bonds. The highest BCUT2D eigenvalue weighted by Gasteiger charge is 2.52. The molecule has 0 aromatic heterocycles. The zero-order valence-corrected chi connectivity index (χ0v) is 11.3. The van der Waals surface area contributed by atoms with Gasteiger partial charge in [-0.2, -0.15) is 0 Å². The second kappa shape index (κ2) is 4.56. The summed E-state index contributed by atoms with van der Waals surface area (Å²) in [5.41, 5.74) is 0. The van der Waals surface area contributed by atoms with Gasteiger partial charge in [0.2, 0.25) is 0 Å². The van der Waals surface area contributed by atoms with Gasteiger partial charge in [-0.05, 0) is 38.0 Å². The molecule has 0 radical (unpaired) electrons. The van der Waals surface area contributed by atoms with E-state index in [-0.39, 0.29) is 12.1 Å². The molecule has 0 aromatic rings. The molecule has 19 heavy (non-hydrogen) atoms. The zero-order chi connectivity index (χ0) is 13.6. The number of nitrogens with one attached hydrogen (secondary N) is 2. The van der Waals surface area contributed by atoms with Crippen LogP contribution in [0.25, 0.3) is 0 Å². The van der Waals surface area contributed by atoms with Crippen LogP contribution in [0.15, 0.2) is 24.0 Å². The van der Waals surface area contributed by atoms with Crippen LogP contribution in [-0.4, -0.2) is 48.3 Å². The first kappa shape index (κ1) is 12.5. The maximum atomic E-state index is 11.5. The minimum atomic E-state index is -0.108. The average Bonchev–Trinajstić information content (AvgIpc) is 2.91. The van der Waals surface area contributed by atoms with Gasteiger partial charge in [-0.25, -0.2) is 4.79 Å². The number of aliphatic hydroxyl groups excluding tert-OH is 1. The Bertz CT molecular complexity index is 446. The van der Waals surface area contributed by atoms with Gasteiger partial charge < -0.3 is 15.7 Å². The lowest BCUT2D eigenvalue weighted by molar-refractivity contribution is 0.208. The van der Waals surface area contributed by atoms with Crippen LogP contribution in [0, 0.1) is 11.8 Å². The smallest absolute Gasteiger partial charge is 0.314 e. The van der Waals surface area contributed by atoms with E-state index in [0.29, 0.717) is 29.7 Å². The van der Waals surface area contributed by atoms with Crippen molar-refractivity contribution < 1.29 is 9.90 Å². The number of carbonyl (C=O) groups is 1. The van der Waals surface area contributed by atoms with E-state index < -0.39 is 0 Å². The first-order valence-corrected chi connectivity index (χ1v) is 6.91. The summed E-state index contributed by atoms with van der Waals surface area (Å²) in [6.45, 7) is 0. The number of allylic oxidation sites excluding steroid dienone is 1. The molecule has 5 unspecified atom stereocenters. The second-order valence-corrected chi connectivity index (χ2v) is 5.75. The summed E-state index contributed by atoms with van der Waals surface area (Å²) in [4.78, 5) is 13.9. The van der Waals surface area contributed by atoms with Crippen LogP contribution in [0.3, 0.4) is 0 Å². The fourth-order valence-corrected chi connectivity index (χ4v) is 4.08. The lowest BCUT2D eigenvalue weighted by Crippen LogP contribution is -2.50. The minimum Gasteiger partial charge on any atom is -0.508 e. The SMILES string of the molecule is CNC(=O)NC1CCC2C3C=C(O)C=CC3N(C)C12. The molecule has 1 aliphatic heterocycles. The Kier molecular flexibility index (Phi) is 3.01. The Hall–Kier alpha value is -1.49. The number of likely N-dealkylation sites (N-methyl/N-ethyl adjacent to an activating group) is 1. The Morgan fingerprint density at radius 2 is 2.26 bits per heavy atom. The summed E-state index contributed by atoms with van der Waals surface area (Å²) < 4.78 is 0. The molecule has 3 rings (SSSR count). The molecule has 1 saturated carbocycles. The number of carbonyl (C=O) groups excluding carboxylic acids is 1. The topological polar surface area (TPSA) is 64.6 Å². The van der Waals surface area contributed by atoms with E-state index in [9.17, 15) is 9.90 Å². The van der Waals surface area contributed by atoms with Gasteiger partial charge in [0.05, 0.1) is 0 Å². The molecular formula is C14H21N3O2. The van der Waals surface area contributed by atoms with Gasteiger partial charge in [0.25, 0.3) is 0 Å². The molecule has 3 aliphatic rings. The van der Waals surface area contributed by atoms with Crippen molar-refractivity contribution in [3.8, 4) is 0 Å². The lowest BCUT2D eigenvalue weighted by Gasteiger charge is -2.29. The van der Waals surface area contributed by atoms with Gasteiger partial charge in [0.15, 0.2) is 0 Å². The van der Waals surface area contributed by atoms with Crippen LogP contribution < -0.4 is 10.6 Å². The van der Waals surface area contributed by atoms with E-state index in [1.54, 1.807) is 13.1 Å². The summed E-state index contributed by atoms with van der Waals surface area (Å²) in [6.07, 6.45) is 7.94. The molecule has 1 heterocycles. The van der Waals surface area contributed by atoms with Crippen molar-refractivity contribution in [1.82, 2.24) is 15.5 Å². The highest BCUT2D eigenvalue weighted by atomic mass is 16.3. The third-order valence-electron chi connectivity index (χ3n) is 4.86. The van der Waals surface area contributed by atoms with Crippen molar-refractivity contribution in [3.05, 3.63) is 24.0 Å². The fraction of sp³-hybridized carbons (Fsp3) is 0.643. The Balaban J connectivity index is 1.80. The van der Waals surface area contributed by atoms with Gasteiger partial charge in [0.1, 0.15) is 5.76 Å². The number of amides is 2. The van der Waals surface area contributed by atoms with Crippen molar-refractivity contribution in [1.29, 1.82) is 0 Å². The molecule has 1 saturated heterocycles. The highest BCUT2D eigenvalue weighted by Crippen LogP contribution is 2.46. The molecule has 5 nitrogen and oxygen atoms in total. The summed E-state index contributed by atoms with van der Waals surface area (Å²) in [6, 6.07) is 0.798. The molecule has 0 bridgehead atoms. The average molecular weight is 263 g/mol. The molecule has 104 valence electrons. The predicted octanol–water partition coefficient (Wildman–Crippen LogP) is 1.00. The van der Waals surface area contributed by atoms with E-state index in [4.69, 9.17) is 0 Å². The molecule has 2 aliphatic carbocycles. The lowest BCUT2D eigenvalue weighted by atomic mass is 9.85. The van der Waals surface area contributed by atoms with E-state index in [1.165, 1.54) is 0 Å². The summed E-state index contributed by atoms with van der Waals surface area (Å²) in [7, 11) is 3.76. The van der Waals surface area contributed by atoms with Crippen molar-refractivity contribution in [3.63, 3.8) is 0 Å². The largest absolute Gasteiger partial charge is 0.508 e. The maximum absolute atomic E-state index is 11.5. The third kappa shape index (κ3) is 1.92. The molecule has 5 atom stereocenters. The second-order valence-electron chi connectivity index (χ2n) is 5.75. The summed E-state index contributed by atoms with van der Waals surface area (Å²) in [5, 5.41) is 15.4. The van der Waals surface area contributed by atoms with Crippen LogP contribution in [0.4, 0.5) is 4.79 Å². The number of nitrogens with zero attached hydrogens (tertiary/aromatic N) is 1. The Morgan fingerprint density at radius 3 is 3.00 bits per heavy atom. The summed E-state index contributed by atoms with van der Waals surface area (Å²) >= 11 is 0. The zero-order valence-electron chi connectivity index (χ0n) is 11.3. The van der Waals surface area contributed by atoms with Gasteiger partial charge in [-0.1, -0.05) is 6.08 Å². The van der Waals surface area contributed by atoms with Gasteiger partial charge in [-0.15, -0.1) is 0 Å². The first-order chi connectivity index (χ1) is 9.11. The van der Waals surface area contributed by atoms with Crippen molar-refractivity contribution >= 4 is 6.03 Å². The summed E-state index contributed by atoms with van der Waals surface area (Å²) in [5.74, 6) is 1.26. The number of likely N-dealkylation sites (tertiary alicyclic amines) is 1. The maximum Gasteiger partial charge on any atom is 0.314 e. The number of aliphatic hydroxyl groups is 1. The van der Waals surface area contributed by atoms with E-state index in [2.05, 4.69) is 28.7 Å². The Morgan fingerprint density at radius 1 is 1.47 bits per heavy atom. The van der Waals surface area contributed by atoms with Crippen LogP contribution in [0.5, 0.6) is 0 Å². The van der Waals surface area contributed by atoms with Crippen molar-refractivity contribution in [2.24, 2.45) is 11.8 Å². The van der Waals surface area contributed by atoms with Crippen molar-refractivity contribution in [2.75, 3.05) is 14.1 Å². The Labute approximate surface area is 113 Å². The monoisotopic (exact) mass is 263 g/mol. The normalized spacial score (nSPS) is 40.5. The van der Waals surface area contributed by atoms with E-state index in [1.807, 2.05) is 6.08 Å². The van der Waals surface area contributed by atoms with Crippen LogP contribution in [0.1, 0.15) is 12.8 Å². The van der Waals surface area contributed by atoms with Crippen LogP contribution >= 0.6 is 0 Å². The van der Waals surface area contributed by atoms with Gasteiger partial charge in [0, 0.05) is 31.1 Å². The number of urea groups is 1. The van der Waals surface area contributed by atoms with Gasteiger partial charge in [-0.3, -0.25) is 4.90 Å². The fourth-order valence-electron chi connectivity index (χ4n) is 4.08. The molecular weight excluding hydrogens is 242 g/mol. The molecule has 0 aromatic carbocycles. The number of fused-ring (bicyclic) bond motifs is 3. The van der Waals surface area contributed by atoms with Crippen LogP contribution in [-0.2, 0) is 0 Å². The third-order valence-corrected chi connectivity index (χ3v) is 4.86. The quantitative estimate of drug-likeness (QED) is 0.661. The van der Waals surface area contributed by atoms with Gasteiger partial charge >= 0.3 is 6.03 Å². The van der Waals surface area contributed by atoms with Crippen LogP contribution in [0.2, 0.25) is 0 Å². The minimum absolute atomic E-state index is 0.108. The van der Waals surface area contributed by atoms with Crippen molar-refractivity contribution in [2.45, 2.75) is 31.0 Å².